The van der Waals surface area contributed by atoms with Crippen molar-refractivity contribution in [3.63, 3.8) is 0 Å². The first-order valence-corrected chi connectivity index (χ1v) is 8.12. The van der Waals surface area contributed by atoms with Crippen LogP contribution in [0.3, 0.4) is 0 Å². The van der Waals surface area contributed by atoms with Gasteiger partial charge in [0.2, 0.25) is 0 Å². The van der Waals surface area contributed by atoms with Gasteiger partial charge in [0.15, 0.2) is 0 Å². The van der Waals surface area contributed by atoms with E-state index in [1.54, 1.807) is 7.11 Å². The van der Waals surface area contributed by atoms with Crippen molar-refractivity contribution >= 4 is 5.69 Å². The van der Waals surface area contributed by atoms with E-state index in [-0.39, 0.29) is 0 Å². The Labute approximate surface area is 129 Å². The Balaban J connectivity index is 2.01. The number of nitrogens with zero attached hydrogens (tertiary/aromatic N) is 1. The Morgan fingerprint density at radius 2 is 2.10 bits per heavy atom. The van der Waals surface area contributed by atoms with E-state index in [1.165, 1.54) is 24.9 Å². The van der Waals surface area contributed by atoms with E-state index in [9.17, 15) is 0 Å². The van der Waals surface area contributed by atoms with Gasteiger partial charge in [-0.3, -0.25) is 0 Å². The molecule has 1 aromatic carbocycles. The van der Waals surface area contributed by atoms with Crippen LogP contribution in [-0.2, 0) is 0 Å². The molecular weight excluding hydrogens is 260 g/mol. The van der Waals surface area contributed by atoms with Gasteiger partial charge in [-0.2, -0.15) is 0 Å². The zero-order valence-corrected chi connectivity index (χ0v) is 13.9. The highest BCUT2D eigenvalue weighted by Gasteiger charge is 2.30. The minimum absolute atomic E-state index is 0.341. The van der Waals surface area contributed by atoms with Crippen molar-refractivity contribution in [2.24, 2.45) is 23.5 Å². The molecule has 2 N–H and O–H groups in total. The van der Waals surface area contributed by atoms with Crippen molar-refractivity contribution in [2.75, 3.05) is 25.6 Å². The van der Waals surface area contributed by atoms with Crippen molar-refractivity contribution in [1.82, 2.24) is 0 Å². The second kappa shape index (κ2) is 7.17. The predicted octanol–water partition coefficient (Wildman–Crippen LogP) is 3.53. The molecular formula is C18H30N2O. The molecule has 21 heavy (non-hydrogen) atoms. The number of rotatable bonds is 5. The van der Waals surface area contributed by atoms with E-state index in [2.05, 4.69) is 37.9 Å². The highest BCUT2D eigenvalue weighted by atomic mass is 16.5. The average molecular weight is 290 g/mol. The molecule has 0 amide bonds. The van der Waals surface area contributed by atoms with Crippen LogP contribution in [0, 0.1) is 17.8 Å². The zero-order valence-electron chi connectivity index (χ0n) is 13.9. The number of hydrogen-bond acceptors (Lipinski definition) is 3. The largest absolute Gasteiger partial charge is 0.497 e. The zero-order chi connectivity index (χ0) is 15.4. The third kappa shape index (κ3) is 4.13. The first-order chi connectivity index (χ1) is 10.0. The Morgan fingerprint density at radius 3 is 2.76 bits per heavy atom. The normalized spacial score (nSPS) is 25.9. The van der Waals surface area contributed by atoms with Gasteiger partial charge in [-0.1, -0.05) is 19.9 Å². The summed E-state index contributed by atoms with van der Waals surface area (Å²) in [5, 5.41) is 0. The fourth-order valence-electron chi connectivity index (χ4n) is 3.44. The number of benzene rings is 1. The molecule has 0 aliphatic heterocycles. The maximum Gasteiger partial charge on any atom is 0.120 e. The Morgan fingerprint density at radius 1 is 1.33 bits per heavy atom. The van der Waals surface area contributed by atoms with Crippen LogP contribution >= 0.6 is 0 Å². The van der Waals surface area contributed by atoms with Crippen LogP contribution in [0.1, 0.15) is 33.1 Å². The third-order valence-corrected chi connectivity index (χ3v) is 5.03. The van der Waals surface area contributed by atoms with Crippen LogP contribution in [0.5, 0.6) is 5.75 Å². The van der Waals surface area contributed by atoms with E-state index in [4.69, 9.17) is 10.5 Å². The molecule has 3 unspecified atom stereocenters. The molecule has 0 spiro atoms. The summed E-state index contributed by atoms with van der Waals surface area (Å²) >= 11 is 0. The summed E-state index contributed by atoms with van der Waals surface area (Å²) in [6.07, 6.45) is 3.71. The van der Waals surface area contributed by atoms with Gasteiger partial charge in [0, 0.05) is 31.4 Å². The molecule has 0 bridgehead atoms. The Hall–Kier alpha value is -1.22. The van der Waals surface area contributed by atoms with Crippen molar-refractivity contribution in [1.29, 1.82) is 0 Å². The van der Waals surface area contributed by atoms with Gasteiger partial charge in [0.1, 0.15) is 5.75 Å². The molecule has 0 aromatic heterocycles. The molecule has 3 atom stereocenters. The van der Waals surface area contributed by atoms with Crippen LogP contribution in [-0.4, -0.2) is 26.7 Å². The average Bonchev–Trinajstić information content (AvgIpc) is 2.49. The summed E-state index contributed by atoms with van der Waals surface area (Å²) in [4.78, 5) is 2.32. The fraction of sp³-hybridized carbons (Fsp3) is 0.667. The standard InChI is InChI=1S/C18H30N2O/c1-13(2)14-8-9-18(19)15(10-14)12-20(3)16-6-5-7-17(11-16)21-4/h5-7,11,13-15,18H,8-10,12,19H2,1-4H3. The molecule has 118 valence electrons. The molecule has 1 aliphatic rings. The molecule has 1 aliphatic carbocycles. The second-order valence-corrected chi connectivity index (χ2v) is 6.82. The van der Waals surface area contributed by atoms with Gasteiger partial charge in [-0.15, -0.1) is 0 Å². The molecule has 3 nitrogen and oxygen atoms in total. The number of anilines is 1. The van der Waals surface area contributed by atoms with Gasteiger partial charge in [-0.25, -0.2) is 0 Å². The highest BCUT2D eigenvalue weighted by molar-refractivity contribution is 5.50. The lowest BCUT2D eigenvalue weighted by molar-refractivity contribution is 0.193. The Kier molecular flexibility index (Phi) is 5.51. The van der Waals surface area contributed by atoms with Crippen LogP contribution in [0.25, 0.3) is 0 Å². The molecule has 0 radical (unpaired) electrons. The monoisotopic (exact) mass is 290 g/mol. The van der Waals surface area contributed by atoms with E-state index in [0.29, 0.717) is 12.0 Å². The predicted molar refractivity (Wildman–Crippen MR) is 89.9 cm³/mol. The molecule has 3 heteroatoms. The highest BCUT2D eigenvalue weighted by Crippen LogP contribution is 2.34. The van der Waals surface area contributed by atoms with Crippen LogP contribution in [0.4, 0.5) is 5.69 Å². The van der Waals surface area contributed by atoms with Gasteiger partial charge >= 0.3 is 0 Å². The summed E-state index contributed by atoms with van der Waals surface area (Å²) < 4.78 is 5.31. The van der Waals surface area contributed by atoms with E-state index in [0.717, 1.165) is 24.1 Å². The first-order valence-electron chi connectivity index (χ1n) is 8.12. The molecule has 0 heterocycles. The molecule has 1 fully saturated rings. The molecule has 2 rings (SSSR count). The smallest absolute Gasteiger partial charge is 0.120 e. The van der Waals surface area contributed by atoms with Gasteiger partial charge in [0.25, 0.3) is 0 Å². The van der Waals surface area contributed by atoms with Crippen molar-refractivity contribution < 1.29 is 4.74 Å². The van der Waals surface area contributed by atoms with Crippen LogP contribution < -0.4 is 15.4 Å². The van der Waals surface area contributed by atoms with E-state index < -0.39 is 0 Å². The van der Waals surface area contributed by atoms with Crippen molar-refractivity contribution in [3.8, 4) is 5.75 Å². The maximum atomic E-state index is 6.37. The second-order valence-electron chi connectivity index (χ2n) is 6.82. The van der Waals surface area contributed by atoms with Crippen molar-refractivity contribution in [2.45, 2.75) is 39.2 Å². The summed E-state index contributed by atoms with van der Waals surface area (Å²) in [7, 11) is 3.86. The summed E-state index contributed by atoms with van der Waals surface area (Å²) in [6, 6.07) is 8.60. The number of ether oxygens (including phenoxy) is 1. The lowest BCUT2D eigenvalue weighted by atomic mass is 9.74. The van der Waals surface area contributed by atoms with Gasteiger partial charge < -0.3 is 15.4 Å². The lowest BCUT2D eigenvalue weighted by Crippen LogP contribution is -2.43. The van der Waals surface area contributed by atoms with Gasteiger partial charge in [-0.05, 0) is 49.1 Å². The topological polar surface area (TPSA) is 38.5 Å². The van der Waals surface area contributed by atoms with E-state index >= 15 is 0 Å². The van der Waals surface area contributed by atoms with Crippen LogP contribution in [0.15, 0.2) is 24.3 Å². The quantitative estimate of drug-likeness (QED) is 0.901. The third-order valence-electron chi connectivity index (χ3n) is 5.03. The maximum absolute atomic E-state index is 6.37. The number of hydrogen-bond donors (Lipinski definition) is 1. The number of methoxy groups -OCH3 is 1. The first kappa shape index (κ1) is 16.2. The molecule has 0 saturated heterocycles. The number of nitrogens with two attached hydrogens (primary N) is 1. The van der Waals surface area contributed by atoms with Gasteiger partial charge in [0.05, 0.1) is 7.11 Å². The van der Waals surface area contributed by atoms with Crippen LogP contribution in [0.2, 0.25) is 0 Å². The fourth-order valence-corrected chi connectivity index (χ4v) is 3.44. The lowest BCUT2D eigenvalue weighted by Gasteiger charge is -2.38. The van der Waals surface area contributed by atoms with E-state index in [1.807, 2.05) is 12.1 Å². The minimum atomic E-state index is 0.341. The van der Waals surface area contributed by atoms with Crippen molar-refractivity contribution in [3.05, 3.63) is 24.3 Å². The SMILES string of the molecule is COc1cccc(N(C)CC2CC(C(C)C)CCC2N)c1. The summed E-state index contributed by atoms with van der Waals surface area (Å²) in [5.74, 6) is 3.09. The molecule has 1 aromatic rings. The summed E-state index contributed by atoms with van der Waals surface area (Å²) in [6.45, 7) is 5.70. The molecule has 1 saturated carbocycles. The minimum Gasteiger partial charge on any atom is -0.497 e. The Bertz CT molecular complexity index is 447. The summed E-state index contributed by atoms with van der Waals surface area (Å²) in [5.41, 5.74) is 7.57.